The van der Waals surface area contributed by atoms with E-state index >= 15 is 0 Å². The Morgan fingerprint density at radius 2 is 1.83 bits per heavy atom. The number of halogens is 1. The first-order valence-corrected chi connectivity index (χ1v) is 10.4. The molecule has 1 aromatic heterocycles. The first kappa shape index (κ1) is 20.3. The third kappa shape index (κ3) is 5.33. The maximum atomic E-state index is 13.7. The molecule has 1 N–H and O–H groups in total. The van der Waals surface area contributed by atoms with Crippen molar-refractivity contribution in [2.75, 3.05) is 13.1 Å². The van der Waals surface area contributed by atoms with Crippen LogP contribution in [0.4, 0.5) is 4.39 Å². The van der Waals surface area contributed by atoms with Crippen molar-refractivity contribution in [2.24, 2.45) is 5.92 Å². The summed E-state index contributed by atoms with van der Waals surface area (Å²) in [5.41, 5.74) is 2.06. The number of hydrogen-bond acceptors (Lipinski definition) is 4. The molecule has 0 unspecified atom stereocenters. The van der Waals surface area contributed by atoms with Gasteiger partial charge in [-0.25, -0.2) is 9.37 Å². The summed E-state index contributed by atoms with van der Waals surface area (Å²) in [4.78, 5) is 18.9. The Balaban J connectivity index is 1.24. The van der Waals surface area contributed by atoms with E-state index in [1.807, 2.05) is 0 Å². The number of rotatable bonds is 7. The summed E-state index contributed by atoms with van der Waals surface area (Å²) in [6.07, 6.45) is 4.78. The van der Waals surface area contributed by atoms with Gasteiger partial charge < -0.3 is 9.73 Å². The first-order valence-electron chi connectivity index (χ1n) is 10.4. The van der Waals surface area contributed by atoms with Crippen molar-refractivity contribution in [3.05, 3.63) is 89.4 Å². The quantitative estimate of drug-likeness (QED) is 0.638. The van der Waals surface area contributed by atoms with Gasteiger partial charge in [0.05, 0.1) is 6.54 Å². The molecule has 1 amide bonds. The van der Waals surface area contributed by atoms with E-state index in [2.05, 4.69) is 45.5 Å². The molecule has 0 aliphatic carbocycles. The van der Waals surface area contributed by atoms with E-state index in [9.17, 15) is 9.18 Å². The third-order valence-electron chi connectivity index (χ3n) is 5.61. The molecule has 6 heteroatoms. The molecule has 1 aliphatic heterocycles. The van der Waals surface area contributed by atoms with Crippen LogP contribution in [0.15, 0.2) is 65.3 Å². The number of amides is 1. The molecule has 0 bridgehead atoms. The fourth-order valence-electron chi connectivity index (χ4n) is 3.88. The van der Waals surface area contributed by atoms with Crippen molar-refractivity contribution >= 4 is 5.91 Å². The third-order valence-corrected chi connectivity index (χ3v) is 5.61. The summed E-state index contributed by atoms with van der Waals surface area (Å²) in [7, 11) is 0. The molecule has 0 saturated carbocycles. The maximum absolute atomic E-state index is 13.7. The molecule has 1 saturated heterocycles. The lowest BCUT2D eigenvalue weighted by atomic mass is 9.90. The van der Waals surface area contributed by atoms with Crippen molar-refractivity contribution in [1.82, 2.24) is 15.2 Å². The summed E-state index contributed by atoms with van der Waals surface area (Å²) in [6.45, 7) is 2.70. The van der Waals surface area contributed by atoms with Crippen molar-refractivity contribution < 1.29 is 13.6 Å². The number of benzene rings is 2. The van der Waals surface area contributed by atoms with Crippen LogP contribution in [0, 0.1) is 11.7 Å². The van der Waals surface area contributed by atoms with E-state index in [4.69, 9.17) is 4.42 Å². The fraction of sp³-hybridized carbons (Fsp3) is 0.333. The largest absolute Gasteiger partial charge is 0.447 e. The van der Waals surface area contributed by atoms with Gasteiger partial charge >= 0.3 is 0 Å². The van der Waals surface area contributed by atoms with Gasteiger partial charge in [0, 0.05) is 12.1 Å². The van der Waals surface area contributed by atoms with Crippen molar-refractivity contribution in [3.63, 3.8) is 0 Å². The van der Waals surface area contributed by atoms with Crippen LogP contribution in [0.1, 0.15) is 40.3 Å². The van der Waals surface area contributed by atoms with Gasteiger partial charge in [0.25, 0.3) is 5.91 Å². The summed E-state index contributed by atoms with van der Waals surface area (Å²) >= 11 is 0. The van der Waals surface area contributed by atoms with Crippen molar-refractivity contribution in [1.29, 1.82) is 0 Å². The normalized spacial score (nSPS) is 15.2. The van der Waals surface area contributed by atoms with E-state index in [1.165, 1.54) is 17.9 Å². The first-order chi connectivity index (χ1) is 14.7. The zero-order valence-corrected chi connectivity index (χ0v) is 16.9. The molecule has 0 atom stereocenters. The second-order valence-electron chi connectivity index (χ2n) is 7.81. The van der Waals surface area contributed by atoms with Crippen LogP contribution < -0.4 is 5.32 Å². The molecule has 0 radical (unpaired) electrons. The highest BCUT2D eigenvalue weighted by atomic mass is 19.1. The van der Waals surface area contributed by atoms with Gasteiger partial charge in [-0.3, -0.25) is 9.69 Å². The molecule has 156 valence electrons. The number of hydrogen-bond donors (Lipinski definition) is 1. The minimum atomic E-state index is -0.366. The fourth-order valence-corrected chi connectivity index (χ4v) is 3.88. The second kappa shape index (κ2) is 9.67. The molecule has 5 nitrogen and oxygen atoms in total. The Labute approximate surface area is 175 Å². The van der Waals surface area contributed by atoms with Crippen molar-refractivity contribution in [2.45, 2.75) is 32.4 Å². The molecule has 1 fully saturated rings. The molecule has 4 rings (SSSR count). The molecular weight excluding hydrogens is 381 g/mol. The Morgan fingerprint density at radius 1 is 1.10 bits per heavy atom. The predicted octanol–water partition coefficient (Wildman–Crippen LogP) is 4.20. The Hall–Kier alpha value is -2.99. The summed E-state index contributed by atoms with van der Waals surface area (Å²) in [5.74, 6) is 0.532. The average Bonchev–Trinajstić information content (AvgIpc) is 3.24. The van der Waals surface area contributed by atoms with Gasteiger partial charge in [0.1, 0.15) is 12.1 Å². The van der Waals surface area contributed by atoms with Gasteiger partial charge in [-0.1, -0.05) is 48.5 Å². The molecule has 2 aromatic carbocycles. The number of aromatic nitrogens is 1. The summed E-state index contributed by atoms with van der Waals surface area (Å²) < 4.78 is 19.2. The Kier molecular flexibility index (Phi) is 6.54. The molecule has 2 heterocycles. The van der Waals surface area contributed by atoms with Gasteiger partial charge in [-0.2, -0.15) is 0 Å². The standard InChI is InChI=1S/C24H26FN3O2/c25-21-9-5-4-8-20(21)15-26-24(29)22-17-30-23(27-22)16-28-12-10-19(11-13-28)14-18-6-2-1-3-7-18/h1-9,17,19H,10-16H2,(H,26,29). The molecule has 1 aliphatic rings. The van der Waals surface area contributed by atoms with Crippen LogP contribution in [0.3, 0.4) is 0 Å². The number of carbonyl (C=O) groups excluding carboxylic acids is 1. The minimum Gasteiger partial charge on any atom is -0.447 e. The predicted molar refractivity (Wildman–Crippen MR) is 112 cm³/mol. The second-order valence-corrected chi connectivity index (χ2v) is 7.81. The van der Waals surface area contributed by atoms with E-state index in [-0.39, 0.29) is 24.0 Å². The molecular formula is C24H26FN3O2. The number of piperidine rings is 1. The summed E-state index contributed by atoms with van der Waals surface area (Å²) in [6, 6.07) is 17.0. The number of carbonyl (C=O) groups is 1. The molecule has 0 spiro atoms. The topological polar surface area (TPSA) is 58.4 Å². The highest BCUT2D eigenvalue weighted by Crippen LogP contribution is 2.22. The lowest BCUT2D eigenvalue weighted by Gasteiger charge is -2.31. The van der Waals surface area contributed by atoms with Crippen LogP contribution in [-0.4, -0.2) is 28.9 Å². The van der Waals surface area contributed by atoms with E-state index in [0.29, 0.717) is 23.9 Å². The van der Waals surface area contributed by atoms with Gasteiger partial charge in [0.2, 0.25) is 5.89 Å². The van der Waals surface area contributed by atoms with E-state index in [0.717, 1.165) is 32.4 Å². The lowest BCUT2D eigenvalue weighted by molar-refractivity contribution is 0.0945. The zero-order chi connectivity index (χ0) is 20.8. The van der Waals surface area contributed by atoms with Crippen molar-refractivity contribution in [3.8, 4) is 0 Å². The number of nitrogens with zero attached hydrogens (tertiary/aromatic N) is 2. The molecule has 3 aromatic rings. The average molecular weight is 407 g/mol. The number of oxazole rings is 1. The van der Waals surface area contributed by atoms with Crippen LogP contribution in [0.5, 0.6) is 0 Å². The van der Waals surface area contributed by atoms with Gasteiger partial charge in [0.15, 0.2) is 5.69 Å². The summed E-state index contributed by atoms with van der Waals surface area (Å²) in [5, 5.41) is 2.69. The minimum absolute atomic E-state index is 0.114. The van der Waals surface area contributed by atoms with Crippen LogP contribution in [0.25, 0.3) is 0 Å². The van der Waals surface area contributed by atoms with Crippen LogP contribution in [-0.2, 0) is 19.5 Å². The van der Waals surface area contributed by atoms with Crippen LogP contribution >= 0.6 is 0 Å². The highest BCUT2D eigenvalue weighted by Gasteiger charge is 2.21. The number of likely N-dealkylation sites (tertiary alicyclic amines) is 1. The molecule has 30 heavy (non-hydrogen) atoms. The smallest absolute Gasteiger partial charge is 0.273 e. The Morgan fingerprint density at radius 3 is 2.60 bits per heavy atom. The lowest BCUT2D eigenvalue weighted by Crippen LogP contribution is -2.34. The van der Waals surface area contributed by atoms with E-state index in [1.54, 1.807) is 18.2 Å². The monoisotopic (exact) mass is 407 g/mol. The highest BCUT2D eigenvalue weighted by molar-refractivity contribution is 5.91. The number of nitrogens with one attached hydrogen (secondary N) is 1. The Bertz CT molecular complexity index is 965. The SMILES string of the molecule is O=C(NCc1ccccc1F)c1coc(CN2CCC(Cc3ccccc3)CC2)n1. The van der Waals surface area contributed by atoms with Crippen LogP contribution in [0.2, 0.25) is 0 Å². The maximum Gasteiger partial charge on any atom is 0.273 e. The van der Waals surface area contributed by atoms with Gasteiger partial charge in [-0.15, -0.1) is 0 Å². The van der Waals surface area contributed by atoms with E-state index < -0.39 is 0 Å². The van der Waals surface area contributed by atoms with Gasteiger partial charge in [-0.05, 0) is 49.9 Å². The zero-order valence-electron chi connectivity index (χ0n) is 16.9.